The molecule has 2 aromatic heterocycles. The number of carbonyl (C=O) groups is 1. The quantitative estimate of drug-likeness (QED) is 0.504. The van der Waals surface area contributed by atoms with Crippen molar-refractivity contribution in [3.8, 4) is 22.8 Å². The van der Waals surface area contributed by atoms with Crippen molar-refractivity contribution in [1.82, 2.24) is 15.3 Å². The van der Waals surface area contributed by atoms with Crippen molar-refractivity contribution in [3.05, 3.63) is 53.7 Å². The van der Waals surface area contributed by atoms with Crippen LogP contribution < -0.4 is 20.1 Å². The van der Waals surface area contributed by atoms with Gasteiger partial charge in [0.2, 0.25) is 0 Å². The van der Waals surface area contributed by atoms with E-state index in [1.165, 1.54) is 13.2 Å². The second-order valence-electron chi connectivity index (χ2n) is 8.00. The fourth-order valence-corrected chi connectivity index (χ4v) is 4.32. The van der Waals surface area contributed by atoms with E-state index in [2.05, 4.69) is 20.6 Å². The molecule has 0 bridgehead atoms. The highest BCUT2D eigenvalue weighted by molar-refractivity contribution is 6.06. The molecule has 0 saturated carbocycles. The molecule has 1 amide bonds. The first-order valence-corrected chi connectivity index (χ1v) is 11.0. The van der Waals surface area contributed by atoms with Crippen LogP contribution in [0.3, 0.4) is 0 Å². The molecular weight excluding hydrogens is 427 g/mol. The van der Waals surface area contributed by atoms with Gasteiger partial charge in [0.1, 0.15) is 12.4 Å². The lowest BCUT2D eigenvalue weighted by Crippen LogP contribution is -2.31. The molecule has 2 aliphatic rings. The maximum Gasteiger partial charge on any atom is 0.255 e. The van der Waals surface area contributed by atoms with Crippen LogP contribution >= 0.6 is 0 Å². The Morgan fingerprint density at radius 3 is 3.06 bits per heavy atom. The minimum Gasteiger partial charge on any atom is -0.492 e. The molecule has 1 aromatic carbocycles. The van der Waals surface area contributed by atoms with Crippen LogP contribution in [0.5, 0.6) is 11.5 Å². The number of nitrogens with zero attached hydrogens (tertiary/aromatic N) is 1. The number of fused-ring (bicyclic) bond motifs is 1. The minimum absolute atomic E-state index is 0.0508. The van der Waals surface area contributed by atoms with E-state index >= 15 is 0 Å². The topological polar surface area (TPSA) is 97.5 Å². The Morgan fingerprint density at radius 2 is 2.24 bits per heavy atom. The van der Waals surface area contributed by atoms with Gasteiger partial charge in [-0.2, -0.15) is 0 Å². The minimum atomic E-state index is -0.498. The molecule has 3 aromatic rings. The largest absolute Gasteiger partial charge is 0.492 e. The number of ether oxygens (including phenoxy) is 3. The number of para-hydroxylation sites is 1. The van der Waals surface area contributed by atoms with Gasteiger partial charge in [0.15, 0.2) is 11.6 Å². The van der Waals surface area contributed by atoms with Crippen LogP contribution in [0.25, 0.3) is 11.3 Å². The molecule has 1 atom stereocenters. The summed E-state index contributed by atoms with van der Waals surface area (Å²) in [6.45, 7) is 1.70. The van der Waals surface area contributed by atoms with Crippen molar-refractivity contribution in [2.75, 3.05) is 32.2 Å². The van der Waals surface area contributed by atoms with Crippen LogP contribution in [0.15, 0.2) is 36.7 Å². The van der Waals surface area contributed by atoms with Gasteiger partial charge in [-0.3, -0.25) is 9.78 Å². The Labute approximate surface area is 190 Å². The second-order valence-corrected chi connectivity index (χ2v) is 8.00. The maximum atomic E-state index is 14.3. The van der Waals surface area contributed by atoms with E-state index in [9.17, 15) is 9.18 Å². The zero-order chi connectivity index (χ0) is 22.8. The summed E-state index contributed by atoms with van der Waals surface area (Å²) in [6, 6.07) is 6.44. The number of hydrogen-bond donors (Lipinski definition) is 3. The lowest BCUT2D eigenvalue weighted by Gasteiger charge is -2.17. The van der Waals surface area contributed by atoms with Gasteiger partial charge < -0.3 is 29.8 Å². The van der Waals surface area contributed by atoms with Gasteiger partial charge in [0.05, 0.1) is 42.0 Å². The van der Waals surface area contributed by atoms with E-state index in [1.807, 2.05) is 6.07 Å². The van der Waals surface area contributed by atoms with Crippen molar-refractivity contribution in [2.24, 2.45) is 0 Å². The molecule has 4 heterocycles. The Balaban J connectivity index is 1.58. The lowest BCUT2D eigenvalue weighted by molar-refractivity contribution is 0.0680. The van der Waals surface area contributed by atoms with Crippen molar-refractivity contribution >= 4 is 17.3 Å². The van der Waals surface area contributed by atoms with Crippen LogP contribution in [0, 0.1) is 5.82 Å². The monoisotopic (exact) mass is 452 g/mol. The third-order valence-electron chi connectivity index (χ3n) is 5.90. The third kappa shape index (κ3) is 4.11. The van der Waals surface area contributed by atoms with E-state index in [4.69, 9.17) is 14.2 Å². The number of aromatic amines is 1. The summed E-state index contributed by atoms with van der Waals surface area (Å²) in [4.78, 5) is 20.4. The zero-order valence-corrected chi connectivity index (χ0v) is 18.2. The highest BCUT2D eigenvalue weighted by Gasteiger charge is 2.29. The highest BCUT2D eigenvalue weighted by Crippen LogP contribution is 2.42. The van der Waals surface area contributed by atoms with Crippen LogP contribution in [0.1, 0.15) is 28.9 Å². The van der Waals surface area contributed by atoms with Gasteiger partial charge in [-0.05, 0) is 31.0 Å². The maximum absolute atomic E-state index is 14.3. The highest BCUT2D eigenvalue weighted by atomic mass is 19.1. The smallest absolute Gasteiger partial charge is 0.255 e. The number of halogens is 1. The lowest BCUT2D eigenvalue weighted by atomic mass is 10.0. The summed E-state index contributed by atoms with van der Waals surface area (Å²) < 4.78 is 31.4. The van der Waals surface area contributed by atoms with Crippen LogP contribution in [-0.4, -0.2) is 48.8 Å². The Bertz CT molecular complexity index is 1170. The first kappa shape index (κ1) is 21.3. The molecule has 1 saturated heterocycles. The fourth-order valence-electron chi connectivity index (χ4n) is 4.32. The van der Waals surface area contributed by atoms with Crippen molar-refractivity contribution in [3.63, 3.8) is 0 Å². The number of hydrogen-bond acceptors (Lipinski definition) is 6. The van der Waals surface area contributed by atoms with Crippen LogP contribution in [-0.2, 0) is 11.2 Å². The molecule has 1 fully saturated rings. The van der Waals surface area contributed by atoms with Crippen LogP contribution in [0.4, 0.5) is 15.8 Å². The number of benzene rings is 1. The summed E-state index contributed by atoms with van der Waals surface area (Å²) in [6.07, 6.45) is 5.99. The normalized spacial score (nSPS) is 17.4. The number of rotatable bonds is 7. The molecular formula is C24H25FN4O4. The number of carbonyl (C=O) groups excluding carboxylic acids is 1. The SMILES string of the molecule is COc1c(F)cccc1Nc1c(-c2ccncc2OC[C@@H]2CCCO2)[nH]c2c1C(=O)NCC2. The molecule has 5 rings (SSSR count). The van der Waals surface area contributed by atoms with E-state index in [0.29, 0.717) is 48.0 Å². The standard InChI is InChI=1S/C24H25FN4O4/c1-31-23-16(25)5-2-6-18(23)29-22-20-17(8-10-27-24(20)30)28-21(22)15-7-9-26-12-19(15)33-13-14-4-3-11-32-14/h2,5-7,9,12,14,28-29H,3-4,8,10-11,13H2,1H3,(H,27,30)/t14-/m0/s1. The zero-order valence-electron chi connectivity index (χ0n) is 18.2. The van der Waals surface area contributed by atoms with Crippen molar-refractivity contribution < 1.29 is 23.4 Å². The summed E-state index contributed by atoms with van der Waals surface area (Å²) in [5, 5.41) is 6.12. The Kier molecular flexibility index (Phi) is 5.87. The number of aromatic nitrogens is 2. The summed E-state index contributed by atoms with van der Waals surface area (Å²) in [7, 11) is 1.41. The number of amides is 1. The van der Waals surface area contributed by atoms with Gasteiger partial charge in [-0.15, -0.1) is 0 Å². The van der Waals surface area contributed by atoms with Gasteiger partial charge in [-0.25, -0.2) is 4.39 Å². The van der Waals surface area contributed by atoms with Crippen molar-refractivity contribution in [2.45, 2.75) is 25.4 Å². The molecule has 172 valence electrons. The second kappa shape index (κ2) is 9.11. The van der Waals surface area contributed by atoms with Gasteiger partial charge in [-0.1, -0.05) is 6.07 Å². The van der Waals surface area contributed by atoms with E-state index in [-0.39, 0.29) is 17.8 Å². The molecule has 0 unspecified atom stereocenters. The van der Waals surface area contributed by atoms with Crippen LogP contribution in [0.2, 0.25) is 0 Å². The average molecular weight is 452 g/mol. The number of H-pyrrole nitrogens is 1. The number of pyridine rings is 1. The fraction of sp³-hybridized carbons (Fsp3) is 0.333. The molecule has 2 aliphatic heterocycles. The molecule has 8 nitrogen and oxygen atoms in total. The number of methoxy groups -OCH3 is 1. The molecule has 0 aliphatic carbocycles. The predicted molar refractivity (Wildman–Crippen MR) is 121 cm³/mol. The number of anilines is 2. The first-order chi connectivity index (χ1) is 16.2. The molecule has 9 heteroatoms. The average Bonchev–Trinajstić information content (AvgIpc) is 3.47. The summed E-state index contributed by atoms with van der Waals surface area (Å²) in [5.41, 5.74) is 3.63. The van der Waals surface area contributed by atoms with E-state index in [0.717, 1.165) is 30.7 Å². The van der Waals surface area contributed by atoms with Gasteiger partial charge >= 0.3 is 0 Å². The first-order valence-electron chi connectivity index (χ1n) is 11.0. The van der Waals surface area contributed by atoms with Gasteiger partial charge in [0.25, 0.3) is 5.91 Å². The summed E-state index contributed by atoms with van der Waals surface area (Å²) in [5.74, 6) is -0.0598. The summed E-state index contributed by atoms with van der Waals surface area (Å²) >= 11 is 0. The van der Waals surface area contributed by atoms with E-state index < -0.39 is 5.82 Å². The van der Waals surface area contributed by atoms with Crippen molar-refractivity contribution in [1.29, 1.82) is 0 Å². The van der Waals surface area contributed by atoms with E-state index in [1.54, 1.807) is 24.5 Å². The number of nitrogens with one attached hydrogen (secondary N) is 3. The third-order valence-corrected chi connectivity index (χ3v) is 5.90. The molecule has 0 radical (unpaired) electrons. The van der Waals surface area contributed by atoms with Gasteiger partial charge in [0, 0.05) is 37.0 Å². The Morgan fingerprint density at radius 1 is 1.33 bits per heavy atom. The molecule has 0 spiro atoms. The molecule has 3 N–H and O–H groups in total. The predicted octanol–water partition coefficient (Wildman–Crippen LogP) is 3.81. The molecule has 33 heavy (non-hydrogen) atoms. The Hall–Kier alpha value is -3.59.